The minimum absolute atomic E-state index is 0.576. The van der Waals surface area contributed by atoms with Crippen molar-refractivity contribution >= 4 is 0 Å². The third kappa shape index (κ3) is 3.36. The van der Waals surface area contributed by atoms with E-state index in [0.29, 0.717) is 12.0 Å². The molecule has 0 radical (unpaired) electrons. The van der Waals surface area contributed by atoms with Gasteiger partial charge in [0.25, 0.3) is 0 Å². The van der Waals surface area contributed by atoms with Gasteiger partial charge in [-0.1, -0.05) is 48.5 Å². The van der Waals surface area contributed by atoms with E-state index in [1.54, 1.807) is 6.07 Å². The molecule has 0 nitrogen and oxygen atoms in total. The predicted molar refractivity (Wildman–Crippen MR) is 65.3 cm³/mol. The Morgan fingerprint density at radius 1 is 0.722 bits per heavy atom. The van der Waals surface area contributed by atoms with Gasteiger partial charge in [0, 0.05) is 0 Å². The van der Waals surface area contributed by atoms with Crippen molar-refractivity contribution in [2.45, 2.75) is 19.0 Å². The van der Waals surface area contributed by atoms with Crippen molar-refractivity contribution in [3.8, 4) is 0 Å². The number of halogens is 3. The lowest BCUT2D eigenvalue weighted by Crippen LogP contribution is -2.05. The fourth-order valence-corrected chi connectivity index (χ4v) is 1.84. The highest BCUT2D eigenvalue weighted by molar-refractivity contribution is 5.27. The molecule has 0 fully saturated rings. The molecule has 0 aliphatic rings. The average molecular weight is 250 g/mol. The molecule has 0 amide bonds. The first-order valence-electron chi connectivity index (χ1n) is 5.76. The molecule has 18 heavy (non-hydrogen) atoms. The third-order valence-corrected chi connectivity index (χ3v) is 2.80. The molecule has 0 bridgehead atoms. The summed E-state index contributed by atoms with van der Waals surface area (Å²) in [5.41, 5.74) is 1.27. The zero-order chi connectivity index (χ0) is 13.0. The van der Waals surface area contributed by atoms with Gasteiger partial charge in [0.2, 0.25) is 0 Å². The molecule has 3 heteroatoms. The third-order valence-electron chi connectivity index (χ3n) is 2.80. The molecule has 0 saturated carbocycles. The summed E-state index contributed by atoms with van der Waals surface area (Å²) in [6.45, 7) is 0. The van der Waals surface area contributed by atoms with Crippen LogP contribution >= 0.6 is 0 Å². The van der Waals surface area contributed by atoms with Gasteiger partial charge in [0.05, 0.1) is 5.56 Å². The van der Waals surface area contributed by atoms with Crippen LogP contribution in [0.15, 0.2) is 54.6 Å². The molecule has 2 aromatic carbocycles. The van der Waals surface area contributed by atoms with Gasteiger partial charge in [-0.2, -0.15) is 13.2 Å². The van der Waals surface area contributed by atoms with E-state index in [1.165, 1.54) is 12.1 Å². The van der Waals surface area contributed by atoms with Crippen LogP contribution in [0.3, 0.4) is 0 Å². The highest BCUT2D eigenvalue weighted by Gasteiger charge is 2.30. The number of aryl methyl sites for hydroxylation is 2. The number of hydrogen-bond donors (Lipinski definition) is 0. The first-order valence-corrected chi connectivity index (χ1v) is 5.76. The van der Waals surface area contributed by atoms with E-state index in [4.69, 9.17) is 0 Å². The Hall–Kier alpha value is -1.77. The summed E-state index contributed by atoms with van der Waals surface area (Å²) in [7, 11) is 0. The molecule has 2 rings (SSSR count). The van der Waals surface area contributed by atoms with Crippen molar-refractivity contribution in [2.24, 2.45) is 0 Å². The molecular formula is C15H13F3. The van der Waals surface area contributed by atoms with E-state index < -0.39 is 11.7 Å². The van der Waals surface area contributed by atoms with Gasteiger partial charge >= 0.3 is 6.18 Å². The molecule has 0 N–H and O–H groups in total. The van der Waals surface area contributed by atoms with E-state index in [9.17, 15) is 13.2 Å². The summed E-state index contributed by atoms with van der Waals surface area (Å²) in [5.74, 6) is 0. The molecule has 0 atom stereocenters. The number of rotatable bonds is 3. The minimum Gasteiger partial charge on any atom is -0.166 e. The van der Waals surface area contributed by atoms with E-state index in [1.807, 2.05) is 30.3 Å². The van der Waals surface area contributed by atoms with E-state index in [-0.39, 0.29) is 0 Å². The van der Waals surface area contributed by atoms with Gasteiger partial charge in [-0.05, 0) is 30.0 Å². The summed E-state index contributed by atoms with van der Waals surface area (Å²) in [5, 5.41) is 0. The smallest absolute Gasteiger partial charge is 0.166 e. The van der Waals surface area contributed by atoms with Crippen molar-refractivity contribution in [3.05, 3.63) is 71.3 Å². The largest absolute Gasteiger partial charge is 0.416 e. The zero-order valence-electron chi connectivity index (χ0n) is 9.74. The van der Waals surface area contributed by atoms with Crippen LogP contribution in [-0.4, -0.2) is 0 Å². The number of benzene rings is 2. The Kier molecular flexibility index (Phi) is 3.70. The summed E-state index contributed by atoms with van der Waals surface area (Å²) >= 11 is 0. The molecular weight excluding hydrogens is 237 g/mol. The van der Waals surface area contributed by atoms with Crippen molar-refractivity contribution in [3.63, 3.8) is 0 Å². The van der Waals surface area contributed by atoms with Gasteiger partial charge in [0.15, 0.2) is 0 Å². The minimum atomic E-state index is -4.26. The molecule has 0 saturated heterocycles. The van der Waals surface area contributed by atoms with Crippen molar-refractivity contribution in [2.75, 3.05) is 0 Å². The van der Waals surface area contributed by atoms with Gasteiger partial charge in [-0.25, -0.2) is 0 Å². The fourth-order valence-electron chi connectivity index (χ4n) is 1.84. The quantitative estimate of drug-likeness (QED) is 0.752. The Morgan fingerprint density at radius 3 is 2.00 bits per heavy atom. The molecule has 0 aliphatic heterocycles. The number of alkyl halides is 3. The Balaban J connectivity index is 2.06. The molecule has 0 aliphatic carbocycles. The van der Waals surface area contributed by atoms with Crippen LogP contribution in [0.25, 0.3) is 0 Å². The maximum Gasteiger partial charge on any atom is 0.416 e. The van der Waals surface area contributed by atoms with Gasteiger partial charge < -0.3 is 0 Å². The van der Waals surface area contributed by atoms with E-state index in [0.717, 1.165) is 18.1 Å². The summed E-state index contributed by atoms with van der Waals surface area (Å²) in [6.07, 6.45) is -2.89. The first-order chi connectivity index (χ1) is 8.55. The first kappa shape index (κ1) is 12.7. The molecule has 0 unspecified atom stereocenters. The van der Waals surface area contributed by atoms with Crippen LogP contribution in [0, 0.1) is 0 Å². The average Bonchev–Trinajstić information content (AvgIpc) is 2.37. The second kappa shape index (κ2) is 5.25. The predicted octanol–water partition coefficient (Wildman–Crippen LogP) is 4.49. The lowest BCUT2D eigenvalue weighted by atomic mass is 10.0. The van der Waals surface area contributed by atoms with Crippen molar-refractivity contribution in [1.82, 2.24) is 0 Å². The topological polar surface area (TPSA) is 0 Å². The van der Waals surface area contributed by atoms with Crippen LogP contribution in [0.5, 0.6) is 0 Å². The Morgan fingerprint density at radius 2 is 1.33 bits per heavy atom. The standard InChI is InChI=1S/C15H13F3/c16-15(17,18)14-8-4-7-13(11-14)10-9-12-5-2-1-3-6-12/h1-8,11H,9-10H2. The van der Waals surface area contributed by atoms with Crippen molar-refractivity contribution in [1.29, 1.82) is 0 Å². The zero-order valence-corrected chi connectivity index (χ0v) is 9.74. The Labute approximate surface area is 104 Å². The number of hydrogen-bond acceptors (Lipinski definition) is 0. The van der Waals surface area contributed by atoms with Crippen LogP contribution in [-0.2, 0) is 19.0 Å². The second-order valence-electron chi connectivity index (χ2n) is 4.18. The highest BCUT2D eigenvalue weighted by atomic mass is 19.4. The lowest BCUT2D eigenvalue weighted by molar-refractivity contribution is -0.137. The van der Waals surface area contributed by atoms with Gasteiger partial charge in [-0.3, -0.25) is 0 Å². The maximum absolute atomic E-state index is 12.5. The van der Waals surface area contributed by atoms with Crippen molar-refractivity contribution < 1.29 is 13.2 Å². The SMILES string of the molecule is FC(F)(F)c1cccc(CCc2ccccc2)c1. The molecule has 0 spiro atoms. The summed E-state index contributed by atoms with van der Waals surface area (Å²) < 4.78 is 37.6. The van der Waals surface area contributed by atoms with Crippen LogP contribution in [0.2, 0.25) is 0 Å². The van der Waals surface area contributed by atoms with Gasteiger partial charge in [0.1, 0.15) is 0 Å². The molecule has 2 aromatic rings. The van der Waals surface area contributed by atoms with Gasteiger partial charge in [-0.15, -0.1) is 0 Å². The van der Waals surface area contributed by atoms with Crippen LogP contribution in [0.4, 0.5) is 13.2 Å². The summed E-state index contributed by atoms with van der Waals surface area (Å²) in [6, 6.07) is 15.3. The maximum atomic E-state index is 12.5. The van der Waals surface area contributed by atoms with Crippen LogP contribution in [0.1, 0.15) is 16.7 Å². The fraction of sp³-hybridized carbons (Fsp3) is 0.200. The highest BCUT2D eigenvalue weighted by Crippen LogP contribution is 2.29. The molecule has 0 heterocycles. The molecule has 94 valence electrons. The monoisotopic (exact) mass is 250 g/mol. The lowest BCUT2D eigenvalue weighted by Gasteiger charge is -2.08. The van der Waals surface area contributed by atoms with E-state index in [2.05, 4.69) is 0 Å². The van der Waals surface area contributed by atoms with E-state index >= 15 is 0 Å². The summed E-state index contributed by atoms with van der Waals surface area (Å²) in [4.78, 5) is 0. The second-order valence-corrected chi connectivity index (χ2v) is 4.18. The normalized spacial score (nSPS) is 11.5. The Bertz CT molecular complexity index is 501. The van der Waals surface area contributed by atoms with Crippen LogP contribution < -0.4 is 0 Å². The molecule has 0 aromatic heterocycles.